The van der Waals surface area contributed by atoms with E-state index in [1.165, 1.54) is 6.07 Å². The number of H-pyrrole nitrogens is 1. The Balaban J connectivity index is 1.72. The van der Waals surface area contributed by atoms with Gasteiger partial charge in [0.1, 0.15) is 22.7 Å². The van der Waals surface area contributed by atoms with E-state index in [-0.39, 0.29) is 21.8 Å². The van der Waals surface area contributed by atoms with E-state index in [2.05, 4.69) is 25.6 Å². The first-order valence-electron chi connectivity index (χ1n) is 9.40. The summed E-state index contributed by atoms with van der Waals surface area (Å²) in [5.41, 5.74) is 1.25. The first-order chi connectivity index (χ1) is 14.4. The normalized spacial score (nSPS) is 12.8. The topological polar surface area (TPSA) is 99.8 Å². The zero-order chi connectivity index (χ0) is 21.5. The van der Waals surface area contributed by atoms with Gasteiger partial charge in [0.25, 0.3) is 5.91 Å². The van der Waals surface area contributed by atoms with Gasteiger partial charge < -0.3 is 15.6 Å². The molecule has 1 aromatic carbocycles. The predicted octanol–water partition coefficient (Wildman–Crippen LogP) is 3.72. The van der Waals surface area contributed by atoms with E-state index in [0.29, 0.717) is 18.7 Å². The molecule has 0 fully saturated rings. The van der Waals surface area contributed by atoms with Gasteiger partial charge in [-0.1, -0.05) is 53.5 Å². The number of nitrogens with one attached hydrogen (secondary N) is 3. The van der Waals surface area contributed by atoms with Crippen molar-refractivity contribution in [2.24, 2.45) is 0 Å². The molecule has 0 radical (unpaired) electrons. The van der Waals surface area contributed by atoms with Gasteiger partial charge in [-0.05, 0) is 37.5 Å². The van der Waals surface area contributed by atoms with Gasteiger partial charge in [0, 0.05) is 12.4 Å². The van der Waals surface area contributed by atoms with Crippen LogP contribution >= 0.6 is 23.2 Å². The lowest BCUT2D eigenvalue weighted by Gasteiger charge is -2.21. The number of amides is 2. The standard InChI is InChI=1S/C21H21Cl2N5O2/c1-13(19-24-10-5-11-25-19)26-20(29)16(9-8-14-6-3-2-4-7-14)28-21(30)17-12-15(22)18(23)27-17/h2-7,10-13,16,27H,8-9H2,1H3,(H,26,29)(H,28,30)/t13-,16-/m0/s1. The highest BCUT2D eigenvalue weighted by molar-refractivity contribution is 6.41. The predicted molar refractivity (Wildman–Crippen MR) is 115 cm³/mol. The van der Waals surface area contributed by atoms with E-state index in [0.717, 1.165) is 5.56 Å². The molecule has 156 valence electrons. The Labute approximate surface area is 184 Å². The molecule has 0 unspecified atom stereocenters. The van der Waals surface area contributed by atoms with E-state index in [1.807, 2.05) is 30.3 Å². The smallest absolute Gasteiger partial charge is 0.268 e. The zero-order valence-corrected chi connectivity index (χ0v) is 17.7. The minimum Gasteiger partial charge on any atom is -0.345 e. The van der Waals surface area contributed by atoms with E-state index < -0.39 is 18.0 Å². The lowest BCUT2D eigenvalue weighted by atomic mass is 10.0. The second-order valence-corrected chi connectivity index (χ2v) is 7.52. The lowest BCUT2D eigenvalue weighted by molar-refractivity contribution is -0.123. The summed E-state index contributed by atoms with van der Waals surface area (Å²) in [6, 6.07) is 11.7. The Kier molecular flexibility index (Phi) is 7.43. The van der Waals surface area contributed by atoms with Crippen LogP contribution in [0.1, 0.15) is 41.3 Å². The number of halogens is 2. The van der Waals surface area contributed by atoms with Crippen LogP contribution < -0.4 is 10.6 Å². The van der Waals surface area contributed by atoms with Crippen molar-refractivity contribution in [1.29, 1.82) is 0 Å². The summed E-state index contributed by atoms with van der Waals surface area (Å²) in [6.45, 7) is 1.79. The Bertz CT molecular complexity index is 976. The number of benzene rings is 1. The van der Waals surface area contributed by atoms with Crippen molar-refractivity contribution < 1.29 is 9.59 Å². The SMILES string of the molecule is C[C@H](NC(=O)[C@H](CCc1ccccc1)NC(=O)c1cc(Cl)c(Cl)[nH]1)c1ncccn1. The Morgan fingerprint density at radius 2 is 1.77 bits per heavy atom. The van der Waals surface area contributed by atoms with Crippen molar-refractivity contribution in [2.75, 3.05) is 0 Å². The molecule has 3 rings (SSSR count). The molecule has 0 aliphatic carbocycles. The van der Waals surface area contributed by atoms with Gasteiger partial charge in [-0.15, -0.1) is 0 Å². The number of carbonyl (C=O) groups is 2. The molecule has 2 heterocycles. The quantitative estimate of drug-likeness (QED) is 0.491. The van der Waals surface area contributed by atoms with Crippen molar-refractivity contribution in [3.05, 3.63) is 82.1 Å². The third-order valence-corrected chi connectivity index (χ3v) is 5.18. The van der Waals surface area contributed by atoms with Crippen molar-refractivity contribution in [3.63, 3.8) is 0 Å². The number of aromatic nitrogens is 3. The summed E-state index contributed by atoms with van der Waals surface area (Å²) in [5.74, 6) is -0.314. The van der Waals surface area contributed by atoms with Crippen LogP contribution in [0, 0.1) is 0 Å². The zero-order valence-electron chi connectivity index (χ0n) is 16.2. The average molecular weight is 446 g/mol. The summed E-state index contributed by atoms with van der Waals surface area (Å²) >= 11 is 11.8. The fourth-order valence-electron chi connectivity index (χ4n) is 2.90. The summed E-state index contributed by atoms with van der Waals surface area (Å²) < 4.78 is 0. The highest BCUT2D eigenvalue weighted by Gasteiger charge is 2.24. The molecule has 2 atom stereocenters. The Morgan fingerprint density at radius 3 is 2.40 bits per heavy atom. The van der Waals surface area contributed by atoms with Crippen molar-refractivity contribution in [1.82, 2.24) is 25.6 Å². The maximum atomic E-state index is 12.9. The minimum atomic E-state index is -0.773. The molecular weight excluding hydrogens is 425 g/mol. The van der Waals surface area contributed by atoms with Crippen LogP contribution in [-0.4, -0.2) is 32.8 Å². The lowest BCUT2D eigenvalue weighted by Crippen LogP contribution is -2.47. The average Bonchev–Trinajstić information content (AvgIpc) is 3.10. The van der Waals surface area contributed by atoms with Crippen LogP contribution in [0.2, 0.25) is 10.2 Å². The highest BCUT2D eigenvalue weighted by atomic mass is 35.5. The van der Waals surface area contributed by atoms with Crippen LogP contribution in [0.3, 0.4) is 0 Å². The van der Waals surface area contributed by atoms with Gasteiger partial charge in [0.05, 0.1) is 11.1 Å². The molecule has 0 aliphatic rings. The van der Waals surface area contributed by atoms with E-state index in [1.54, 1.807) is 25.4 Å². The molecule has 0 saturated carbocycles. The van der Waals surface area contributed by atoms with Crippen LogP contribution in [-0.2, 0) is 11.2 Å². The van der Waals surface area contributed by atoms with Crippen LogP contribution in [0.4, 0.5) is 0 Å². The monoisotopic (exact) mass is 445 g/mol. The summed E-state index contributed by atoms with van der Waals surface area (Å²) in [7, 11) is 0. The third-order valence-electron chi connectivity index (χ3n) is 4.49. The first-order valence-corrected chi connectivity index (χ1v) is 10.2. The van der Waals surface area contributed by atoms with Crippen LogP contribution in [0.5, 0.6) is 0 Å². The summed E-state index contributed by atoms with van der Waals surface area (Å²) in [4.78, 5) is 36.6. The number of hydrogen-bond donors (Lipinski definition) is 3. The molecule has 3 aromatic rings. The molecule has 2 aromatic heterocycles. The van der Waals surface area contributed by atoms with Crippen molar-refractivity contribution in [3.8, 4) is 0 Å². The number of hydrogen-bond acceptors (Lipinski definition) is 4. The van der Waals surface area contributed by atoms with Gasteiger partial charge in [0.2, 0.25) is 5.91 Å². The largest absolute Gasteiger partial charge is 0.345 e. The molecule has 0 aliphatic heterocycles. The molecule has 7 nitrogen and oxygen atoms in total. The van der Waals surface area contributed by atoms with Gasteiger partial charge in [-0.2, -0.15) is 0 Å². The molecule has 0 bridgehead atoms. The van der Waals surface area contributed by atoms with E-state index in [9.17, 15) is 9.59 Å². The minimum absolute atomic E-state index is 0.168. The van der Waals surface area contributed by atoms with E-state index >= 15 is 0 Å². The number of carbonyl (C=O) groups excluding carboxylic acids is 2. The van der Waals surface area contributed by atoms with Gasteiger partial charge in [-0.3, -0.25) is 9.59 Å². The maximum Gasteiger partial charge on any atom is 0.268 e. The Morgan fingerprint density at radius 1 is 1.07 bits per heavy atom. The molecule has 2 amide bonds. The number of rotatable bonds is 8. The van der Waals surface area contributed by atoms with Crippen LogP contribution in [0.25, 0.3) is 0 Å². The fraction of sp³-hybridized carbons (Fsp3) is 0.238. The summed E-state index contributed by atoms with van der Waals surface area (Å²) in [6.07, 6.45) is 4.24. The Hall–Kier alpha value is -2.90. The molecule has 30 heavy (non-hydrogen) atoms. The third kappa shape index (κ3) is 5.81. The number of nitrogens with zero attached hydrogens (tertiary/aromatic N) is 2. The van der Waals surface area contributed by atoms with Crippen LogP contribution in [0.15, 0.2) is 54.9 Å². The van der Waals surface area contributed by atoms with Gasteiger partial charge in [-0.25, -0.2) is 9.97 Å². The molecule has 0 spiro atoms. The summed E-state index contributed by atoms with van der Waals surface area (Å²) in [5, 5.41) is 6.03. The maximum absolute atomic E-state index is 12.9. The van der Waals surface area contributed by atoms with E-state index in [4.69, 9.17) is 23.2 Å². The van der Waals surface area contributed by atoms with Crippen molar-refractivity contribution in [2.45, 2.75) is 31.8 Å². The molecule has 0 saturated heterocycles. The fourth-order valence-corrected chi connectivity index (χ4v) is 3.21. The van der Waals surface area contributed by atoms with Crippen molar-refractivity contribution >= 4 is 35.0 Å². The highest BCUT2D eigenvalue weighted by Crippen LogP contribution is 2.22. The molecule has 9 heteroatoms. The van der Waals surface area contributed by atoms with Gasteiger partial charge >= 0.3 is 0 Å². The number of aromatic amines is 1. The molecular formula is C21H21Cl2N5O2. The second-order valence-electron chi connectivity index (χ2n) is 6.73. The molecule has 3 N–H and O–H groups in total. The second kappa shape index (κ2) is 10.2. The number of aryl methyl sites for hydroxylation is 1. The first kappa shape index (κ1) is 21.8. The van der Waals surface area contributed by atoms with Gasteiger partial charge in [0.15, 0.2) is 0 Å².